The highest BCUT2D eigenvalue weighted by atomic mass is 28.5. The van der Waals surface area contributed by atoms with Crippen molar-refractivity contribution in [2.45, 2.75) is 66.6 Å². The van der Waals surface area contributed by atoms with Gasteiger partial charge in [0.2, 0.25) is 17.7 Å². The van der Waals surface area contributed by atoms with Crippen molar-refractivity contribution in [1.29, 1.82) is 0 Å². The van der Waals surface area contributed by atoms with Gasteiger partial charge in [0.15, 0.2) is 0 Å². The molecule has 0 rings (SSSR count). The van der Waals surface area contributed by atoms with E-state index in [0.717, 1.165) is 0 Å². The third-order valence-electron chi connectivity index (χ3n) is 5.15. The maximum Gasteiger partial charge on any atom is 0.469 e. The molecule has 0 fully saturated rings. The van der Waals surface area contributed by atoms with Crippen LogP contribution in [-0.2, 0) is 26.7 Å². The Morgan fingerprint density at radius 1 is 0.517 bits per heavy atom. The molecule has 0 unspecified atom stereocenters. The molecule has 0 aliphatic rings. The van der Waals surface area contributed by atoms with E-state index in [1.807, 2.05) is 39.3 Å². The van der Waals surface area contributed by atoms with Crippen LogP contribution < -0.4 is 0 Å². The molecule has 0 saturated heterocycles. The second-order valence-electron chi connectivity index (χ2n) is 8.74. The molecule has 3 amide bonds. The molecule has 0 aliphatic heterocycles. The summed E-state index contributed by atoms with van der Waals surface area (Å²) in [5.41, 5.74) is 0. The Bertz CT molecular complexity index is 561. The Hall–Kier alpha value is -0.842. The van der Waals surface area contributed by atoms with Crippen molar-refractivity contribution in [2.24, 2.45) is 0 Å². The molecule has 9 nitrogen and oxygen atoms in total. The van der Waals surface area contributed by atoms with Crippen LogP contribution in [0.2, 0.25) is 45.8 Å². The fraction of sp³-hybridized carbons (Fsp3) is 0.812. The molecule has 0 N–H and O–H groups in total. The molecule has 0 aliphatic carbocycles. The zero-order valence-corrected chi connectivity index (χ0v) is 24.3. The summed E-state index contributed by atoms with van der Waals surface area (Å²) in [5.74, 6) is -0.312. The molecule has 29 heavy (non-hydrogen) atoms. The van der Waals surface area contributed by atoms with Gasteiger partial charge in [-0.2, -0.15) is 0 Å². The van der Waals surface area contributed by atoms with E-state index in [4.69, 9.17) is 12.3 Å². The lowest BCUT2D eigenvalue weighted by Gasteiger charge is -2.47. The van der Waals surface area contributed by atoms with Gasteiger partial charge in [-0.15, -0.1) is 0 Å². The summed E-state index contributed by atoms with van der Waals surface area (Å²) >= 11 is 0. The highest BCUT2D eigenvalue weighted by Crippen LogP contribution is 2.28. The summed E-state index contributed by atoms with van der Waals surface area (Å²) in [4.78, 5) is 35.9. The van der Waals surface area contributed by atoms with Gasteiger partial charge in [-0.3, -0.25) is 14.4 Å². The minimum atomic E-state index is -3.38. The van der Waals surface area contributed by atoms with Gasteiger partial charge in [-0.05, 0) is 39.3 Å². The summed E-state index contributed by atoms with van der Waals surface area (Å²) in [6.07, 6.45) is 0. The number of carbonyl (C=O) groups excluding carboxylic acids is 3. The van der Waals surface area contributed by atoms with E-state index in [0.29, 0.717) is 0 Å². The molecule has 0 bridgehead atoms. The molecule has 13 heteroatoms. The van der Waals surface area contributed by atoms with Gasteiger partial charge in [0.1, 0.15) is 0 Å². The number of amides is 3. The van der Waals surface area contributed by atoms with Crippen molar-refractivity contribution in [3.8, 4) is 0 Å². The average molecular weight is 482 g/mol. The Labute approximate surface area is 180 Å². The van der Waals surface area contributed by atoms with Crippen molar-refractivity contribution >= 4 is 52.0 Å². The summed E-state index contributed by atoms with van der Waals surface area (Å²) in [6.45, 7) is 17.7. The van der Waals surface area contributed by atoms with Gasteiger partial charge in [-0.1, -0.05) is 0 Å². The molecule has 0 saturated carbocycles. The predicted molar refractivity (Wildman–Crippen MR) is 123 cm³/mol. The Kier molecular flexibility index (Phi) is 9.25. The zero-order valence-electron chi connectivity index (χ0n) is 20.3. The lowest BCUT2D eigenvalue weighted by molar-refractivity contribution is -0.125. The Balaban J connectivity index is 6.14. The third kappa shape index (κ3) is 7.73. The van der Waals surface area contributed by atoms with Crippen LogP contribution in [0.1, 0.15) is 20.8 Å². The molecule has 0 aromatic heterocycles. The summed E-state index contributed by atoms with van der Waals surface area (Å²) in [5, 5.41) is 0. The molecular weight excluding hydrogens is 443 g/mol. The highest BCUT2D eigenvalue weighted by molar-refractivity contribution is 6.89. The molecule has 170 valence electrons. The van der Waals surface area contributed by atoms with Crippen LogP contribution in [0.15, 0.2) is 0 Å². The van der Waals surface area contributed by atoms with Crippen LogP contribution >= 0.6 is 0 Å². The van der Waals surface area contributed by atoms with E-state index in [1.54, 1.807) is 41.4 Å². The minimum Gasteiger partial charge on any atom is -0.399 e. The molecule has 0 heterocycles. The average Bonchev–Trinajstić information content (AvgIpc) is 2.49. The first kappa shape index (κ1) is 28.2. The van der Waals surface area contributed by atoms with E-state index in [-0.39, 0.29) is 17.7 Å². The molecule has 0 atom stereocenters. The van der Waals surface area contributed by atoms with Gasteiger partial charge in [0.25, 0.3) is 25.4 Å². The van der Waals surface area contributed by atoms with E-state index in [2.05, 4.69) is 0 Å². The van der Waals surface area contributed by atoms with Crippen molar-refractivity contribution in [2.75, 3.05) is 21.1 Å². The normalized spacial score (nSPS) is 13.1. The summed E-state index contributed by atoms with van der Waals surface area (Å²) in [6, 6.07) is 0. The summed E-state index contributed by atoms with van der Waals surface area (Å²) < 4.78 is 24.4. The van der Waals surface area contributed by atoms with Gasteiger partial charge >= 0.3 is 8.80 Å². The van der Waals surface area contributed by atoms with Crippen LogP contribution in [0.5, 0.6) is 0 Å². The Morgan fingerprint density at radius 2 is 0.690 bits per heavy atom. The number of rotatable bonds is 9. The van der Waals surface area contributed by atoms with Crippen LogP contribution in [0.4, 0.5) is 0 Å². The quantitative estimate of drug-likeness (QED) is 0.469. The fourth-order valence-corrected chi connectivity index (χ4v) is 19.2. The lowest BCUT2D eigenvalue weighted by Crippen LogP contribution is -2.69. The van der Waals surface area contributed by atoms with Gasteiger partial charge in [0, 0.05) is 48.5 Å². The molecule has 0 radical (unpaired) electrons. The monoisotopic (exact) mass is 481 g/mol. The highest BCUT2D eigenvalue weighted by Gasteiger charge is 2.53. The lowest BCUT2D eigenvalue weighted by atomic mass is 10.7. The maximum atomic E-state index is 12.0. The van der Waals surface area contributed by atoms with Gasteiger partial charge < -0.3 is 26.0 Å². The number of hydrogen-bond acceptors (Lipinski definition) is 6. The number of hydrogen-bond donors (Lipinski definition) is 0. The van der Waals surface area contributed by atoms with Crippen molar-refractivity contribution < 1.29 is 26.7 Å². The van der Waals surface area contributed by atoms with Crippen molar-refractivity contribution in [1.82, 2.24) is 13.7 Å². The first-order chi connectivity index (χ1) is 12.7. The first-order valence-corrected chi connectivity index (χ1v) is 20.3. The van der Waals surface area contributed by atoms with Crippen LogP contribution in [0.25, 0.3) is 0 Å². The SMILES string of the molecule is CC(=O)N(C)[Si](C)(C)O[Si](C)(O[Si](C)(C)N(C)C(C)=O)O[Si](C)(C)N(C)C(C)=O. The predicted octanol–water partition coefficient (Wildman–Crippen LogP) is 2.15. The zero-order chi connectivity index (χ0) is 23.6. The Morgan fingerprint density at radius 3 is 0.828 bits per heavy atom. The van der Waals surface area contributed by atoms with E-state index in [9.17, 15) is 14.4 Å². The second kappa shape index (κ2) is 9.53. The largest absolute Gasteiger partial charge is 0.469 e. The molecule has 0 aromatic rings. The van der Waals surface area contributed by atoms with E-state index >= 15 is 0 Å². The smallest absolute Gasteiger partial charge is 0.399 e. The second-order valence-corrected chi connectivity index (χ2v) is 23.6. The standard InChI is InChI=1S/C16H39N3O6Si4/c1-14(20)17(4)26(7,8)23-29(13,24-27(9,10)18(5)15(2)21)25-28(11,12)19(6)16(3)22/h1-13H3. The topological polar surface area (TPSA) is 88.6 Å². The number of nitrogens with zero attached hydrogens (tertiary/aromatic N) is 3. The molecule has 0 spiro atoms. The summed E-state index contributed by atoms with van der Waals surface area (Å²) in [7, 11) is -6.35. The fourth-order valence-electron chi connectivity index (χ4n) is 2.77. The first-order valence-electron chi connectivity index (χ1n) is 9.52. The van der Waals surface area contributed by atoms with Crippen LogP contribution in [0.3, 0.4) is 0 Å². The van der Waals surface area contributed by atoms with E-state index in [1.165, 1.54) is 20.8 Å². The van der Waals surface area contributed by atoms with E-state index < -0.39 is 34.2 Å². The van der Waals surface area contributed by atoms with Crippen molar-refractivity contribution in [3.63, 3.8) is 0 Å². The van der Waals surface area contributed by atoms with Crippen molar-refractivity contribution in [3.05, 3.63) is 0 Å². The van der Waals surface area contributed by atoms with Gasteiger partial charge in [0.05, 0.1) is 0 Å². The maximum absolute atomic E-state index is 12.0. The van der Waals surface area contributed by atoms with Crippen LogP contribution in [0, 0.1) is 0 Å². The van der Waals surface area contributed by atoms with Crippen LogP contribution in [-0.4, -0.2) is 86.8 Å². The number of carbonyl (C=O) groups is 3. The molecular formula is C16H39N3O6Si4. The van der Waals surface area contributed by atoms with Gasteiger partial charge in [-0.25, -0.2) is 0 Å². The minimum absolute atomic E-state index is 0.104. The third-order valence-corrected chi connectivity index (χ3v) is 21.4. The molecule has 0 aromatic carbocycles.